The van der Waals surface area contributed by atoms with E-state index in [1.807, 2.05) is 18.7 Å². The van der Waals surface area contributed by atoms with Gasteiger partial charge in [-0.3, -0.25) is 4.79 Å². The molecule has 0 aliphatic carbocycles. The standard InChI is InChI=1S/C32H44O2S2/c1-7-9-10-11-14-24-22-29-28(31(3,4)23-32(5,6)36-29)21-25(24)17-18-27-20-19-26(35-27)15-12-13-16-30(33)34-8-2/h19-22H,7-16,23H2,1-6H3. The van der Waals surface area contributed by atoms with Crippen LogP contribution in [-0.2, 0) is 27.8 Å². The van der Waals surface area contributed by atoms with Crippen LogP contribution in [0.25, 0.3) is 0 Å². The molecule has 4 heteroatoms. The lowest BCUT2D eigenvalue weighted by atomic mass is 9.76. The third-order valence-corrected chi connectivity index (χ3v) is 9.14. The van der Waals surface area contributed by atoms with Crippen LogP contribution in [0.3, 0.4) is 0 Å². The van der Waals surface area contributed by atoms with Crippen molar-refractivity contribution >= 4 is 29.1 Å². The molecule has 1 aliphatic heterocycles. The van der Waals surface area contributed by atoms with E-state index in [2.05, 4.69) is 70.7 Å². The van der Waals surface area contributed by atoms with Crippen molar-refractivity contribution in [1.82, 2.24) is 0 Å². The van der Waals surface area contributed by atoms with Crippen LogP contribution in [0.2, 0.25) is 0 Å². The zero-order valence-corrected chi connectivity index (χ0v) is 24.9. The molecular formula is C32H44O2S2. The first kappa shape index (κ1) is 28.9. The summed E-state index contributed by atoms with van der Waals surface area (Å²) in [6, 6.07) is 9.21. The highest BCUT2D eigenvalue weighted by atomic mass is 32.2. The van der Waals surface area contributed by atoms with Gasteiger partial charge in [0.15, 0.2) is 0 Å². The maximum atomic E-state index is 11.5. The third-order valence-electron chi connectivity index (χ3n) is 6.83. The molecule has 2 nitrogen and oxygen atoms in total. The van der Waals surface area contributed by atoms with Gasteiger partial charge in [0.05, 0.1) is 11.5 Å². The van der Waals surface area contributed by atoms with E-state index in [-0.39, 0.29) is 16.1 Å². The summed E-state index contributed by atoms with van der Waals surface area (Å²) in [5.41, 5.74) is 4.24. The van der Waals surface area contributed by atoms with E-state index in [0.717, 1.165) is 30.6 Å². The molecule has 1 aromatic carbocycles. The first-order valence-electron chi connectivity index (χ1n) is 13.8. The van der Waals surface area contributed by atoms with Gasteiger partial charge in [-0.15, -0.1) is 23.1 Å². The van der Waals surface area contributed by atoms with Crippen molar-refractivity contribution in [2.45, 2.75) is 121 Å². The van der Waals surface area contributed by atoms with E-state index >= 15 is 0 Å². The summed E-state index contributed by atoms with van der Waals surface area (Å²) in [5.74, 6) is 6.98. The Labute approximate surface area is 228 Å². The first-order valence-corrected chi connectivity index (χ1v) is 15.4. The number of thiophene rings is 1. The summed E-state index contributed by atoms with van der Waals surface area (Å²) in [7, 11) is 0. The molecule has 0 amide bonds. The van der Waals surface area contributed by atoms with Gasteiger partial charge in [-0.25, -0.2) is 0 Å². The topological polar surface area (TPSA) is 26.3 Å². The van der Waals surface area contributed by atoms with Gasteiger partial charge in [-0.1, -0.05) is 65.7 Å². The molecule has 0 fully saturated rings. The van der Waals surface area contributed by atoms with Crippen molar-refractivity contribution in [3.8, 4) is 11.8 Å². The SMILES string of the molecule is CCCCCCc1cc2c(cc1C#Cc1ccc(CCCCC(=O)OCC)s1)C(C)(C)CC(C)(C)S2. The number of hydrogen-bond donors (Lipinski definition) is 0. The van der Waals surface area contributed by atoms with E-state index in [0.29, 0.717) is 13.0 Å². The zero-order chi connectivity index (χ0) is 26.2. The van der Waals surface area contributed by atoms with Crippen molar-refractivity contribution in [1.29, 1.82) is 0 Å². The van der Waals surface area contributed by atoms with Gasteiger partial charge in [0.1, 0.15) is 0 Å². The lowest BCUT2D eigenvalue weighted by Gasteiger charge is -2.42. The summed E-state index contributed by atoms with van der Waals surface area (Å²) in [5, 5.41) is 0. The average Bonchev–Trinajstić information content (AvgIpc) is 3.25. The molecule has 0 radical (unpaired) electrons. The van der Waals surface area contributed by atoms with E-state index < -0.39 is 0 Å². The van der Waals surface area contributed by atoms with Crippen molar-refractivity contribution in [2.75, 3.05) is 6.61 Å². The Hall–Kier alpha value is -1.70. The monoisotopic (exact) mass is 524 g/mol. The zero-order valence-electron chi connectivity index (χ0n) is 23.2. The highest BCUT2D eigenvalue weighted by Crippen LogP contribution is 2.51. The number of fused-ring (bicyclic) bond motifs is 1. The summed E-state index contributed by atoms with van der Waals surface area (Å²) in [6.45, 7) is 14.1. The highest BCUT2D eigenvalue weighted by Gasteiger charge is 2.38. The molecule has 2 aromatic rings. The Bertz CT molecular complexity index is 1080. The predicted molar refractivity (Wildman–Crippen MR) is 156 cm³/mol. The third kappa shape index (κ3) is 8.42. The molecule has 0 saturated carbocycles. The van der Waals surface area contributed by atoms with Gasteiger partial charge in [0.25, 0.3) is 0 Å². The number of aryl methyl sites for hydroxylation is 2. The van der Waals surface area contributed by atoms with E-state index in [1.165, 1.54) is 58.6 Å². The molecule has 0 saturated heterocycles. The molecule has 0 bridgehead atoms. The number of rotatable bonds is 11. The van der Waals surface area contributed by atoms with Crippen molar-refractivity contribution in [3.05, 3.63) is 50.7 Å². The normalized spacial score (nSPS) is 15.6. The number of unbranched alkanes of at least 4 members (excludes halogenated alkanes) is 4. The van der Waals surface area contributed by atoms with Crippen LogP contribution in [-0.4, -0.2) is 17.3 Å². The fraction of sp³-hybridized carbons (Fsp3) is 0.594. The van der Waals surface area contributed by atoms with E-state index in [9.17, 15) is 4.79 Å². The van der Waals surface area contributed by atoms with Gasteiger partial charge in [0.2, 0.25) is 0 Å². The van der Waals surface area contributed by atoms with Crippen molar-refractivity contribution in [3.63, 3.8) is 0 Å². The van der Waals surface area contributed by atoms with Gasteiger partial charge in [-0.05, 0) is 86.3 Å². The number of benzene rings is 1. The first-order chi connectivity index (χ1) is 17.1. The lowest BCUT2D eigenvalue weighted by Crippen LogP contribution is -2.33. The van der Waals surface area contributed by atoms with Crippen LogP contribution in [0.5, 0.6) is 0 Å². The fourth-order valence-corrected chi connectivity index (χ4v) is 7.88. The van der Waals surface area contributed by atoms with Crippen LogP contribution in [0.15, 0.2) is 29.2 Å². The lowest BCUT2D eigenvalue weighted by molar-refractivity contribution is -0.143. The van der Waals surface area contributed by atoms with Crippen LogP contribution in [0, 0.1) is 11.8 Å². The molecule has 3 rings (SSSR count). The Morgan fingerprint density at radius 2 is 1.75 bits per heavy atom. The van der Waals surface area contributed by atoms with Gasteiger partial charge in [-0.2, -0.15) is 0 Å². The van der Waals surface area contributed by atoms with Crippen molar-refractivity contribution < 1.29 is 9.53 Å². The second-order valence-corrected chi connectivity index (χ2v) is 14.2. The number of esters is 1. The molecule has 2 heterocycles. The minimum atomic E-state index is -0.0871. The molecule has 0 N–H and O–H groups in total. The number of carbonyl (C=O) groups excluding carboxylic acids is 1. The van der Waals surface area contributed by atoms with Gasteiger partial charge < -0.3 is 4.74 Å². The fourth-order valence-electron chi connectivity index (χ4n) is 5.30. The predicted octanol–water partition coefficient (Wildman–Crippen LogP) is 9.10. The van der Waals surface area contributed by atoms with Gasteiger partial charge >= 0.3 is 5.97 Å². The Morgan fingerprint density at radius 3 is 2.50 bits per heavy atom. The van der Waals surface area contributed by atoms with E-state index in [1.54, 1.807) is 11.3 Å². The summed E-state index contributed by atoms with van der Waals surface area (Å²) < 4.78 is 5.28. The minimum absolute atomic E-state index is 0.0871. The Balaban J connectivity index is 1.76. The highest BCUT2D eigenvalue weighted by molar-refractivity contribution is 8.00. The van der Waals surface area contributed by atoms with Crippen molar-refractivity contribution in [2.24, 2.45) is 0 Å². The van der Waals surface area contributed by atoms with Crippen LogP contribution < -0.4 is 0 Å². The summed E-state index contributed by atoms with van der Waals surface area (Å²) in [4.78, 5) is 15.4. The maximum Gasteiger partial charge on any atom is 0.305 e. The van der Waals surface area contributed by atoms with E-state index in [4.69, 9.17) is 4.74 Å². The van der Waals surface area contributed by atoms with Crippen LogP contribution in [0.4, 0.5) is 0 Å². The molecule has 0 unspecified atom stereocenters. The quantitative estimate of drug-likeness (QED) is 0.167. The minimum Gasteiger partial charge on any atom is -0.466 e. The van der Waals surface area contributed by atoms with Crippen LogP contribution in [0.1, 0.15) is 119 Å². The molecule has 1 aromatic heterocycles. The summed E-state index contributed by atoms with van der Waals surface area (Å²) in [6.07, 6.45) is 10.7. The van der Waals surface area contributed by atoms with Crippen LogP contribution >= 0.6 is 23.1 Å². The summed E-state index contributed by atoms with van der Waals surface area (Å²) >= 11 is 3.83. The second kappa shape index (κ2) is 13.2. The number of carbonyl (C=O) groups is 1. The number of thioether (sulfide) groups is 1. The largest absolute Gasteiger partial charge is 0.466 e. The molecular weight excluding hydrogens is 480 g/mol. The molecule has 196 valence electrons. The second-order valence-electron chi connectivity index (χ2n) is 11.3. The maximum absolute atomic E-state index is 11.5. The number of ether oxygens (including phenoxy) is 1. The Morgan fingerprint density at radius 1 is 0.972 bits per heavy atom. The molecule has 1 aliphatic rings. The van der Waals surface area contributed by atoms with Gasteiger partial charge in [0, 0.05) is 26.5 Å². The molecule has 0 atom stereocenters. The molecule has 36 heavy (non-hydrogen) atoms. The molecule has 0 spiro atoms. The smallest absolute Gasteiger partial charge is 0.305 e. The Kier molecular flexibility index (Phi) is 10.6. The number of hydrogen-bond acceptors (Lipinski definition) is 4. The average molecular weight is 525 g/mol.